The molecule has 0 aromatic heterocycles. The van der Waals surface area contributed by atoms with Gasteiger partial charge in [0.05, 0.1) is 5.56 Å². The standard InChI is InChI=1S/C14H11BrClNO2/c15-12-7-10(4-5-13(12)17)14(18)19-8-9-2-1-3-11(16)6-9/h1-7H,8,17H2. The summed E-state index contributed by atoms with van der Waals surface area (Å²) in [5.41, 5.74) is 7.52. The molecule has 0 heterocycles. The van der Waals surface area contributed by atoms with Crippen LogP contribution in [-0.2, 0) is 11.3 Å². The van der Waals surface area contributed by atoms with Crippen LogP contribution in [0.1, 0.15) is 15.9 Å². The number of carbonyl (C=O) groups excluding carboxylic acids is 1. The Balaban J connectivity index is 2.03. The lowest BCUT2D eigenvalue weighted by atomic mass is 10.2. The number of hydrogen-bond acceptors (Lipinski definition) is 3. The van der Waals surface area contributed by atoms with Crippen LogP contribution in [0.2, 0.25) is 5.02 Å². The number of halogens is 2. The molecule has 2 aromatic carbocycles. The largest absolute Gasteiger partial charge is 0.457 e. The van der Waals surface area contributed by atoms with Gasteiger partial charge in [-0.2, -0.15) is 0 Å². The van der Waals surface area contributed by atoms with E-state index < -0.39 is 5.97 Å². The van der Waals surface area contributed by atoms with Gasteiger partial charge in [0.1, 0.15) is 6.61 Å². The number of nitrogens with two attached hydrogens (primary N) is 1. The lowest BCUT2D eigenvalue weighted by Crippen LogP contribution is -2.05. The molecule has 0 saturated heterocycles. The third-order valence-electron chi connectivity index (χ3n) is 2.50. The highest BCUT2D eigenvalue weighted by Crippen LogP contribution is 2.21. The molecule has 0 unspecified atom stereocenters. The average molecular weight is 341 g/mol. The van der Waals surface area contributed by atoms with Crippen LogP contribution in [0.4, 0.5) is 5.69 Å². The molecule has 0 amide bonds. The van der Waals surface area contributed by atoms with Gasteiger partial charge in [-0.3, -0.25) is 0 Å². The minimum Gasteiger partial charge on any atom is -0.457 e. The zero-order chi connectivity index (χ0) is 13.8. The number of benzene rings is 2. The van der Waals surface area contributed by atoms with Gasteiger partial charge in [-0.15, -0.1) is 0 Å². The monoisotopic (exact) mass is 339 g/mol. The van der Waals surface area contributed by atoms with Gasteiger partial charge in [0.2, 0.25) is 0 Å². The molecule has 0 atom stereocenters. The molecule has 3 nitrogen and oxygen atoms in total. The van der Waals surface area contributed by atoms with E-state index in [1.807, 2.05) is 12.1 Å². The van der Waals surface area contributed by atoms with E-state index in [0.717, 1.165) is 5.56 Å². The second kappa shape index (κ2) is 6.08. The maximum Gasteiger partial charge on any atom is 0.338 e. The normalized spacial score (nSPS) is 10.2. The highest BCUT2D eigenvalue weighted by Gasteiger charge is 2.09. The van der Waals surface area contributed by atoms with Crippen molar-refractivity contribution >= 4 is 39.2 Å². The smallest absolute Gasteiger partial charge is 0.338 e. The predicted octanol–water partition coefficient (Wildman–Crippen LogP) is 4.04. The molecular formula is C14H11BrClNO2. The molecule has 0 aliphatic carbocycles. The fourth-order valence-corrected chi connectivity index (χ4v) is 2.10. The van der Waals surface area contributed by atoms with Gasteiger partial charge >= 0.3 is 5.97 Å². The number of rotatable bonds is 3. The Morgan fingerprint density at radius 2 is 2.05 bits per heavy atom. The number of hydrogen-bond donors (Lipinski definition) is 1. The van der Waals surface area contributed by atoms with Gasteiger partial charge in [0.15, 0.2) is 0 Å². The van der Waals surface area contributed by atoms with Gasteiger partial charge in [-0.1, -0.05) is 23.7 Å². The van der Waals surface area contributed by atoms with Crippen molar-refractivity contribution in [3.05, 3.63) is 63.1 Å². The number of carbonyl (C=O) groups is 1. The van der Waals surface area contributed by atoms with Crippen molar-refractivity contribution in [3.8, 4) is 0 Å². The Kier molecular flexibility index (Phi) is 4.45. The van der Waals surface area contributed by atoms with E-state index >= 15 is 0 Å². The summed E-state index contributed by atoms with van der Waals surface area (Å²) in [6.07, 6.45) is 0. The second-order valence-corrected chi connectivity index (χ2v) is 5.23. The average Bonchev–Trinajstić information content (AvgIpc) is 2.39. The summed E-state index contributed by atoms with van der Waals surface area (Å²) >= 11 is 9.12. The van der Waals surface area contributed by atoms with E-state index in [4.69, 9.17) is 22.1 Å². The Labute approximate surface area is 124 Å². The molecular weight excluding hydrogens is 330 g/mol. The minimum atomic E-state index is -0.402. The van der Waals surface area contributed by atoms with Crippen LogP contribution in [0, 0.1) is 0 Å². The fourth-order valence-electron chi connectivity index (χ4n) is 1.51. The van der Waals surface area contributed by atoms with E-state index in [0.29, 0.717) is 20.7 Å². The van der Waals surface area contributed by atoms with Crippen molar-refractivity contribution in [2.75, 3.05) is 5.73 Å². The first-order valence-electron chi connectivity index (χ1n) is 5.53. The first-order valence-corrected chi connectivity index (χ1v) is 6.70. The van der Waals surface area contributed by atoms with Gasteiger partial charge in [0, 0.05) is 15.2 Å². The summed E-state index contributed by atoms with van der Waals surface area (Å²) in [6, 6.07) is 12.1. The van der Waals surface area contributed by atoms with Gasteiger partial charge in [-0.25, -0.2) is 4.79 Å². The Hall–Kier alpha value is -1.52. The highest BCUT2D eigenvalue weighted by molar-refractivity contribution is 9.10. The lowest BCUT2D eigenvalue weighted by Gasteiger charge is -2.06. The molecule has 0 aliphatic heterocycles. The molecule has 0 bridgehead atoms. The van der Waals surface area contributed by atoms with Crippen LogP contribution in [-0.4, -0.2) is 5.97 Å². The van der Waals surface area contributed by atoms with Crippen molar-refractivity contribution in [1.29, 1.82) is 0 Å². The van der Waals surface area contributed by atoms with E-state index in [1.54, 1.807) is 30.3 Å². The number of anilines is 1. The second-order valence-electron chi connectivity index (χ2n) is 3.94. The lowest BCUT2D eigenvalue weighted by molar-refractivity contribution is 0.0472. The summed E-state index contributed by atoms with van der Waals surface area (Å²) in [5.74, 6) is -0.402. The Morgan fingerprint density at radius 3 is 2.74 bits per heavy atom. The maximum absolute atomic E-state index is 11.8. The van der Waals surface area contributed by atoms with Gasteiger partial charge in [-0.05, 0) is 51.8 Å². The molecule has 2 N–H and O–H groups in total. The van der Waals surface area contributed by atoms with Crippen molar-refractivity contribution < 1.29 is 9.53 Å². The van der Waals surface area contributed by atoms with Crippen LogP contribution >= 0.6 is 27.5 Å². The first-order chi connectivity index (χ1) is 9.06. The SMILES string of the molecule is Nc1ccc(C(=O)OCc2cccc(Cl)c2)cc1Br. The van der Waals surface area contributed by atoms with Crippen LogP contribution in [0.3, 0.4) is 0 Å². The summed E-state index contributed by atoms with van der Waals surface area (Å²) in [5, 5.41) is 0.615. The van der Waals surface area contributed by atoms with E-state index in [1.165, 1.54) is 0 Å². The topological polar surface area (TPSA) is 52.3 Å². The molecule has 0 fully saturated rings. The first kappa shape index (κ1) is 13.9. The zero-order valence-electron chi connectivity index (χ0n) is 9.90. The summed E-state index contributed by atoms with van der Waals surface area (Å²) in [7, 11) is 0. The third-order valence-corrected chi connectivity index (χ3v) is 3.42. The van der Waals surface area contributed by atoms with E-state index in [9.17, 15) is 4.79 Å². The van der Waals surface area contributed by atoms with Gasteiger partial charge in [0.25, 0.3) is 0 Å². The molecule has 0 saturated carbocycles. The molecule has 2 aromatic rings. The van der Waals surface area contributed by atoms with Gasteiger partial charge < -0.3 is 10.5 Å². The molecule has 5 heteroatoms. The Bertz CT molecular complexity index is 616. The van der Waals surface area contributed by atoms with Crippen molar-refractivity contribution in [2.24, 2.45) is 0 Å². The summed E-state index contributed by atoms with van der Waals surface area (Å²) in [6.45, 7) is 0.182. The summed E-state index contributed by atoms with van der Waals surface area (Å²) < 4.78 is 5.88. The Morgan fingerprint density at radius 1 is 1.26 bits per heavy atom. The summed E-state index contributed by atoms with van der Waals surface area (Å²) in [4.78, 5) is 11.8. The van der Waals surface area contributed by atoms with Crippen LogP contribution in [0.5, 0.6) is 0 Å². The van der Waals surface area contributed by atoms with Crippen LogP contribution < -0.4 is 5.73 Å². The highest BCUT2D eigenvalue weighted by atomic mass is 79.9. The fraction of sp³-hybridized carbons (Fsp3) is 0.0714. The number of ether oxygens (including phenoxy) is 1. The number of nitrogen functional groups attached to an aromatic ring is 1. The molecule has 0 aliphatic rings. The van der Waals surface area contributed by atoms with Crippen molar-refractivity contribution in [2.45, 2.75) is 6.61 Å². The molecule has 0 spiro atoms. The molecule has 0 radical (unpaired) electrons. The predicted molar refractivity (Wildman–Crippen MR) is 79.1 cm³/mol. The van der Waals surface area contributed by atoms with E-state index in [-0.39, 0.29) is 6.61 Å². The van der Waals surface area contributed by atoms with Crippen LogP contribution in [0.15, 0.2) is 46.9 Å². The quantitative estimate of drug-likeness (QED) is 0.677. The molecule has 98 valence electrons. The van der Waals surface area contributed by atoms with Crippen molar-refractivity contribution in [3.63, 3.8) is 0 Å². The third kappa shape index (κ3) is 3.72. The maximum atomic E-state index is 11.8. The van der Waals surface area contributed by atoms with Crippen molar-refractivity contribution in [1.82, 2.24) is 0 Å². The van der Waals surface area contributed by atoms with E-state index in [2.05, 4.69) is 15.9 Å². The van der Waals surface area contributed by atoms with Crippen LogP contribution in [0.25, 0.3) is 0 Å². The zero-order valence-corrected chi connectivity index (χ0v) is 12.2. The number of esters is 1. The minimum absolute atomic E-state index is 0.182. The molecule has 19 heavy (non-hydrogen) atoms. The molecule has 2 rings (SSSR count).